The highest BCUT2D eigenvalue weighted by atomic mass is 16.4. The van der Waals surface area contributed by atoms with Crippen LogP contribution in [0.25, 0.3) is 0 Å². The third-order valence-electron chi connectivity index (χ3n) is 4.25. The number of carboxylic acids is 1. The zero-order chi connectivity index (χ0) is 14.0. The van der Waals surface area contributed by atoms with Crippen molar-refractivity contribution in [1.29, 1.82) is 0 Å². The summed E-state index contributed by atoms with van der Waals surface area (Å²) in [5.41, 5.74) is -0.776. The first kappa shape index (κ1) is 14.3. The number of carbonyl (C=O) groups is 2. The maximum Gasteiger partial charge on any atom is 0.311 e. The van der Waals surface area contributed by atoms with Crippen LogP contribution in [0.5, 0.6) is 0 Å². The molecule has 3 unspecified atom stereocenters. The molecule has 0 aromatic carbocycles. The number of amides is 1. The molecule has 0 aromatic heterocycles. The lowest BCUT2D eigenvalue weighted by molar-refractivity contribution is -0.149. The maximum atomic E-state index is 12.3. The van der Waals surface area contributed by atoms with Crippen LogP contribution in [-0.4, -0.2) is 58.8 Å². The summed E-state index contributed by atoms with van der Waals surface area (Å²) in [5.74, 6) is -0.875. The van der Waals surface area contributed by atoms with Gasteiger partial charge in [-0.25, -0.2) is 0 Å². The van der Waals surface area contributed by atoms with Crippen LogP contribution in [0, 0.1) is 5.41 Å². The molecule has 19 heavy (non-hydrogen) atoms. The van der Waals surface area contributed by atoms with E-state index in [-0.39, 0.29) is 11.9 Å². The molecule has 3 N–H and O–H groups in total. The largest absolute Gasteiger partial charge is 0.481 e. The zero-order valence-corrected chi connectivity index (χ0v) is 11.3. The third-order valence-corrected chi connectivity index (χ3v) is 4.25. The Morgan fingerprint density at radius 3 is 2.74 bits per heavy atom. The number of carboxylic acid groups (broad SMARTS) is 1. The minimum absolute atomic E-state index is 0.0734. The number of hydrogen-bond acceptors (Lipinski definition) is 4. The van der Waals surface area contributed by atoms with Crippen LogP contribution in [0.15, 0.2) is 0 Å². The molecule has 2 heterocycles. The van der Waals surface area contributed by atoms with E-state index in [1.807, 2.05) is 6.92 Å². The topological polar surface area (TPSA) is 89.9 Å². The third kappa shape index (κ3) is 2.74. The van der Waals surface area contributed by atoms with Gasteiger partial charge in [0.1, 0.15) is 0 Å². The van der Waals surface area contributed by atoms with E-state index in [0.29, 0.717) is 38.9 Å². The molecule has 0 aliphatic carbocycles. The Morgan fingerprint density at radius 1 is 1.47 bits per heavy atom. The second-order valence-electron chi connectivity index (χ2n) is 5.70. The summed E-state index contributed by atoms with van der Waals surface area (Å²) in [5, 5.41) is 21.8. The van der Waals surface area contributed by atoms with Gasteiger partial charge >= 0.3 is 5.97 Å². The highest BCUT2D eigenvalue weighted by molar-refractivity contribution is 5.84. The molecule has 2 aliphatic rings. The molecule has 0 spiro atoms. The summed E-state index contributed by atoms with van der Waals surface area (Å²) in [6.07, 6.45) is 1.87. The van der Waals surface area contributed by atoms with Crippen LogP contribution < -0.4 is 5.32 Å². The number of aliphatic hydroxyl groups excluding tert-OH is 1. The van der Waals surface area contributed by atoms with Crippen molar-refractivity contribution >= 4 is 11.9 Å². The molecule has 2 aliphatic heterocycles. The van der Waals surface area contributed by atoms with Crippen molar-refractivity contribution < 1.29 is 19.8 Å². The highest BCUT2D eigenvalue weighted by Crippen LogP contribution is 2.36. The molecule has 1 amide bonds. The molecule has 0 radical (unpaired) electrons. The molecule has 2 fully saturated rings. The SMILES string of the molecule is CCCC1(C(=O)O)CCN(C(=O)C2CC(O)CN2)C1. The molecule has 2 rings (SSSR count). The fourth-order valence-corrected chi connectivity index (χ4v) is 3.15. The minimum atomic E-state index is -0.802. The van der Waals surface area contributed by atoms with Crippen molar-refractivity contribution in [2.45, 2.75) is 44.8 Å². The Morgan fingerprint density at radius 2 is 2.21 bits per heavy atom. The smallest absolute Gasteiger partial charge is 0.311 e. The van der Waals surface area contributed by atoms with Crippen LogP contribution in [0.4, 0.5) is 0 Å². The zero-order valence-electron chi connectivity index (χ0n) is 11.3. The lowest BCUT2D eigenvalue weighted by atomic mass is 9.83. The first-order valence-electron chi connectivity index (χ1n) is 6.92. The van der Waals surface area contributed by atoms with Crippen LogP contribution in [-0.2, 0) is 9.59 Å². The van der Waals surface area contributed by atoms with Crippen molar-refractivity contribution in [2.75, 3.05) is 19.6 Å². The monoisotopic (exact) mass is 270 g/mol. The summed E-state index contributed by atoms with van der Waals surface area (Å²) >= 11 is 0. The first-order valence-corrected chi connectivity index (χ1v) is 6.92. The predicted molar refractivity (Wildman–Crippen MR) is 68.6 cm³/mol. The van der Waals surface area contributed by atoms with Crippen molar-refractivity contribution in [1.82, 2.24) is 10.2 Å². The fraction of sp³-hybridized carbons (Fsp3) is 0.846. The van der Waals surface area contributed by atoms with Gasteiger partial charge in [0.2, 0.25) is 5.91 Å². The van der Waals surface area contributed by atoms with E-state index in [9.17, 15) is 19.8 Å². The highest BCUT2D eigenvalue weighted by Gasteiger charge is 2.46. The molecule has 2 saturated heterocycles. The summed E-state index contributed by atoms with van der Waals surface area (Å²) in [4.78, 5) is 25.4. The van der Waals surface area contributed by atoms with E-state index in [2.05, 4.69) is 5.32 Å². The van der Waals surface area contributed by atoms with Gasteiger partial charge in [-0.1, -0.05) is 13.3 Å². The number of hydrogen-bond donors (Lipinski definition) is 3. The number of aliphatic hydroxyl groups is 1. The Balaban J connectivity index is 2.00. The summed E-state index contributed by atoms with van der Waals surface area (Å²) < 4.78 is 0. The average Bonchev–Trinajstić information content (AvgIpc) is 2.96. The minimum Gasteiger partial charge on any atom is -0.481 e. The Labute approximate surface area is 112 Å². The van der Waals surface area contributed by atoms with Crippen LogP contribution in [0.2, 0.25) is 0 Å². The van der Waals surface area contributed by atoms with E-state index in [4.69, 9.17) is 0 Å². The van der Waals surface area contributed by atoms with Gasteiger partial charge in [-0.3, -0.25) is 9.59 Å². The number of nitrogens with zero attached hydrogens (tertiary/aromatic N) is 1. The van der Waals surface area contributed by atoms with Gasteiger partial charge in [0.25, 0.3) is 0 Å². The molecule has 108 valence electrons. The predicted octanol–water partition coefficient (Wildman–Crippen LogP) is -0.187. The van der Waals surface area contributed by atoms with E-state index in [1.165, 1.54) is 0 Å². The van der Waals surface area contributed by atoms with Crippen molar-refractivity contribution in [3.05, 3.63) is 0 Å². The van der Waals surface area contributed by atoms with E-state index in [1.54, 1.807) is 4.90 Å². The second kappa shape index (κ2) is 5.46. The van der Waals surface area contributed by atoms with Crippen molar-refractivity contribution in [2.24, 2.45) is 5.41 Å². The summed E-state index contributed by atoms with van der Waals surface area (Å²) in [6.45, 7) is 3.19. The lowest BCUT2D eigenvalue weighted by Gasteiger charge is -2.25. The molecular formula is C13H22N2O4. The Bertz CT molecular complexity index is 374. The molecule has 6 nitrogen and oxygen atoms in total. The van der Waals surface area contributed by atoms with Crippen LogP contribution in [0.1, 0.15) is 32.6 Å². The normalized spacial score (nSPS) is 34.7. The number of likely N-dealkylation sites (tertiary alicyclic amines) is 1. The Kier molecular flexibility index (Phi) is 4.10. The second-order valence-corrected chi connectivity index (χ2v) is 5.70. The van der Waals surface area contributed by atoms with E-state index in [0.717, 1.165) is 6.42 Å². The van der Waals surface area contributed by atoms with Gasteiger partial charge in [0.05, 0.1) is 17.6 Å². The average molecular weight is 270 g/mol. The number of nitrogens with one attached hydrogen (secondary N) is 1. The van der Waals surface area contributed by atoms with Crippen LogP contribution in [0.3, 0.4) is 0 Å². The molecule has 0 saturated carbocycles. The van der Waals surface area contributed by atoms with Crippen molar-refractivity contribution in [3.63, 3.8) is 0 Å². The van der Waals surface area contributed by atoms with Gasteiger partial charge in [-0.05, 0) is 19.3 Å². The maximum absolute atomic E-state index is 12.3. The van der Waals surface area contributed by atoms with Crippen molar-refractivity contribution in [3.8, 4) is 0 Å². The fourth-order valence-electron chi connectivity index (χ4n) is 3.15. The van der Waals surface area contributed by atoms with E-state index < -0.39 is 17.5 Å². The number of rotatable bonds is 4. The standard InChI is InChI=1S/C13H22N2O4/c1-2-3-13(12(18)19)4-5-15(8-13)11(17)10-6-9(16)7-14-10/h9-10,14,16H,2-8H2,1H3,(H,18,19). The van der Waals surface area contributed by atoms with Crippen LogP contribution >= 0.6 is 0 Å². The molecule has 0 aromatic rings. The lowest BCUT2D eigenvalue weighted by Crippen LogP contribution is -2.44. The molecule has 0 bridgehead atoms. The Hall–Kier alpha value is -1.14. The van der Waals surface area contributed by atoms with Gasteiger partial charge < -0.3 is 20.4 Å². The molecular weight excluding hydrogens is 248 g/mol. The summed E-state index contributed by atoms with van der Waals surface area (Å²) in [6, 6.07) is -0.360. The van der Waals surface area contributed by atoms with Gasteiger partial charge in [0, 0.05) is 19.6 Å². The number of β-amino-alcohol motifs (C(OH)–C–C–N with tert-alkyl or cyclic N) is 1. The van der Waals surface area contributed by atoms with Gasteiger partial charge in [0.15, 0.2) is 0 Å². The quantitative estimate of drug-likeness (QED) is 0.659. The number of aliphatic carboxylic acids is 1. The van der Waals surface area contributed by atoms with Gasteiger partial charge in [-0.2, -0.15) is 0 Å². The first-order chi connectivity index (χ1) is 8.98. The molecule has 6 heteroatoms. The van der Waals surface area contributed by atoms with Gasteiger partial charge in [-0.15, -0.1) is 0 Å². The molecule has 3 atom stereocenters. The number of carbonyl (C=O) groups excluding carboxylic acids is 1. The summed E-state index contributed by atoms with van der Waals surface area (Å²) in [7, 11) is 0. The van der Waals surface area contributed by atoms with E-state index >= 15 is 0 Å².